The average molecular weight is 282 g/mol. The summed E-state index contributed by atoms with van der Waals surface area (Å²) in [6.07, 6.45) is 4.73. The van der Waals surface area contributed by atoms with Crippen LogP contribution in [0.4, 0.5) is 0 Å². The summed E-state index contributed by atoms with van der Waals surface area (Å²) in [4.78, 5) is 1.49. The lowest BCUT2D eigenvalue weighted by molar-refractivity contribution is 0.625. The van der Waals surface area contributed by atoms with Gasteiger partial charge in [-0.2, -0.15) is 4.80 Å². The number of tetrazole rings is 1. The molecule has 0 unspecified atom stereocenters. The third-order valence-corrected chi connectivity index (χ3v) is 3.92. The monoisotopic (exact) mass is 282 g/mol. The molecule has 0 bridgehead atoms. The quantitative estimate of drug-likeness (QED) is 0.770. The van der Waals surface area contributed by atoms with Gasteiger partial charge in [-0.1, -0.05) is 12.1 Å². The van der Waals surface area contributed by atoms with Gasteiger partial charge in [-0.05, 0) is 35.8 Å². The standard InChI is InChI=1S/C15H18N6/c1-20-18-15(17-19-20)10-21-8-7-13-11(3-2-4-14(13)21)9-16-12-5-6-12/h2-4,7-8,12,16H,5-6,9-10H2,1H3. The Balaban J connectivity index is 1.62. The highest BCUT2D eigenvalue weighted by atomic mass is 15.6. The second kappa shape index (κ2) is 4.96. The van der Waals surface area contributed by atoms with Gasteiger partial charge >= 0.3 is 0 Å². The van der Waals surface area contributed by atoms with E-state index < -0.39 is 0 Å². The Hall–Kier alpha value is -2.21. The molecule has 1 aliphatic carbocycles. The molecule has 21 heavy (non-hydrogen) atoms. The number of fused-ring (bicyclic) bond motifs is 1. The van der Waals surface area contributed by atoms with Crippen LogP contribution in [-0.4, -0.2) is 30.8 Å². The summed E-state index contributed by atoms with van der Waals surface area (Å²) in [6, 6.07) is 9.36. The van der Waals surface area contributed by atoms with Crippen molar-refractivity contribution in [1.29, 1.82) is 0 Å². The van der Waals surface area contributed by atoms with Gasteiger partial charge in [0.25, 0.3) is 0 Å². The molecule has 1 fully saturated rings. The molecule has 0 saturated heterocycles. The first-order valence-corrected chi connectivity index (χ1v) is 7.32. The summed E-state index contributed by atoms with van der Waals surface area (Å²) in [6.45, 7) is 1.59. The van der Waals surface area contributed by atoms with E-state index in [-0.39, 0.29) is 0 Å². The van der Waals surface area contributed by atoms with Gasteiger partial charge < -0.3 is 9.88 Å². The van der Waals surface area contributed by atoms with E-state index in [9.17, 15) is 0 Å². The smallest absolute Gasteiger partial charge is 0.194 e. The molecule has 3 aromatic rings. The van der Waals surface area contributed by atoms with E-state index in [0.717, 1.165) is 18.4 Å². The van der Waals surface area contributed by atoms with Crippen LogP contribution < -0.4 is 5.32 Å². The second-order valence-electron chi connectivity index (χ2n) is 5.64. The first-order valence-electron chi connectivity index (χ1n) is 7.32. The van der Waals surface area contributed by atoms with Crippen molar-refractivity contribution in [3.8, 4) is 0 Å². The highest BCUT2D eigenvalue weighted by molar-refractivity contribution is 5.83. The summed E-state index contributed by atoms with van der Waals surface area (Å²) in [5.41, 5.74) is 2.57. The molecule has 0 amide bonds. The van der Waals surface area contributed by atoms with E-state index in [1.807, 2.05) is 0 Å². The maximum atomic E-state index is 4.24. The first kappa shape index (κ1) is 12.5. The number of rotatable bonds is 5. The molecular weight excluding hydrogens is 264 g/mol. The minimum Gasteiger partial charge on any atom is -0.340 e. The van der Waals surface area contributed by atoms with Crippen LogP contribution >= 0.6 is 0 Å². The maximum Gasteiger partial charge on any atom is 0.194 e. The molecule has 0 aliphatic heterocycles. The van der Waals surface area contributed by atoms with Crippen LogP contribution in [0.3, 0.4) is 0 Å². The predicted molar refractivity (Wildman–Crippen MR) is 79.7 cm³/mol. The summed E-state index contributed by atoms with van der Waals surface area (Å²) < 4.78 is 2.17. The normalized spacial score (nSPS) is 14.9. The van der Waals surface area contributed by atoms with E-state index in [2.05, 4.69) is 55.8 Å². The van der Waals surface area contributed by atoms with E-state index in [1.54, 1.807) is 7.05 Å². The molecule has 6 heteroatoms. The van der Waals surface area contributed by atoms with Crippen molar-refractivity contribution < 1.29 is 0 Å². The number of aryl methyl sites for hydroxylation is 1. The van der Waals surface area contributed by atoms with Crippen molar-refractivity contribution in [3.63, 3.8) is 0 Å². The summed E-state index contributed by atoms with van der Waals surface area (Å²) in [7, 11) is 1.78. The molecule has 1 saturated carbocycles. The van der Waals surface area contributed by atoms with Gasteiger partial charge in [0, 0.05) is 29.7 Å². The molecule has 2 aromatic heterocycles. The summed E-state index contributed by atoms with van der Waals surface area (Å²) in [5.74, 6) is 0.733. The van der Waals surface area contributed by atoms with Crippen LogP contribution in [0.1, 0.15) is 24.2 Å². The van der Waals surface area contributed by atoms with E-state index in [0.29, 0.717) is 6.54 Å². The van der Waals surface area contributed by atoms with Crippen LogP contribution in [0.5, 0.6) is 0 Å². The highest BCUT2D eigenvalue weighted by Gasteiger charge is 2.20. The largest absolute Gasteiger partial charge is 0.340 e. The zero-order chi connectivity index (χ0) is 14.2. The SMILES string of the molecule is Cn1nnc(Cn2ccc3c(CNC4CC4)cccc32)n1. The molecule has 4 rings (SSSR count). The van der Waals surface area contributed by atoms with Gasteiger partial charge in [0.1, 0.15) is 0 Å². The van der Waals surface area contributed by atoms with Crippen molar-refractivity contribution in [1.82, 2.24) is 30.1 Å². The first-order chi connectivity index (χ1) is 10.3. The third kappa shape index (κ3) is 2.54. The Labute approximate surface area is 122 Å². The fraction of sp³-hybridized carbons (Fsp3) is 0.400. The molecule has 1 aliphatic rings. The zero-order valence-corrected chi connectivity index (χ0v) is 12.0. The summed E-state index contributed by atoms with van der Waals surface area (Å²) in [5, 5.41) is 17.1. The van der Waals surface area contributed by atoms with Gasteiger partial charge in [0.05, 0.1) is 13.6 Å². The molecule has 1 N–H and O–H groups in total. The van der Waals surface area contributed by atoms with Crippen molar-refractivity contribution >= 4 is 10.9 Å². The Bertz CT molecular complexity index is 767. The molecule has 6 nitrogen and oxygen atoms in total. The van der Waals surface area contributed by atoms with Gasteiger partial charge in [-0.25, -0.2) is 0 Å². The van der Waals surface area contributed by atoms with Crippen molar-refractivity contribution in [2.75, 3.05) is 0 Å². The fourth-order valence-electron chi connectivity index (χ4n) is 2.66. The molecule has 2 heterocycles. The van der Waals surface area contributed by atoms with Crippen LogP contribution in [-0.2, 0) is 20.1 Å². The van der Waals surface area contributed by atoms with Crippen LogP contribution in [0, 0.1) is 0 Å². The van der Waals surface area contributed by atoms with Gasteiger partial charge in [-0.15, -0.1) is 10.2 Å². The van der Waals surface area contributed by atoms with Crippen LogP contribution in [0.2, 0.25) is 0 Å². The van der Waals surface area contributed by atoms with E-state index in [1.165, 1.54) is 34.1 Å². The molecule has 0 radical (unpaired) electrons. The third-order valence-electron chi connectivity index (χ3n) is 3.92. The van der Waals surface area contributed by atoms with Crippen molar-refractivity contribution in [3.05, 3.63) is 41.9 Å². The molecule has 0 atom stereocenters. The lowest BCUT2D eigenvalue weighted by Crippen LogP contribution is -2.15. The minimum atomic E-state index is 0.650. The van der Waals surface area contributed by atoms with Gasteiger partial charge in [-0.3, -0.25) is 0 Å². The number of hydrogen-bond acceptors (Lipinski definition) is 4. The lowest BCUT2D eigenvalue weighted by atomic mass is 10.1. The van der Waals surface area contributed by atoms with Crippen LogP contribution in [0.25, 0.3) is 10.9 Å². The number of benzene rings is 1. The van der Waals surface area contributed by atoms with E-state index >= 15 is 0 Å². The Morgan fingerprint density at radius 1 is 1.29 bits per heavy atom. The fourth-order valence-corrected chi connectivity index (χ4v) is 2.66. The lowest BCUT2D eigenvalue weighted by Gasteiger charge is -2.06. The number of aromatic nitrogens is 5. The Morgan fingerprint density at radius 2 is 2.19 bits per heavy atom. The number of nitrogens with zero attached hydrogens (tertiary/aromatic N) is 5. The molecule has 108 valence electrons. The highest BCUT2D eigenvalue weighted by Crippen LogP contribution is 2.23. The maximum absolute atomic E-state index is 4.24. The Morgan fingerprint density at radius 3 is 2.95 bits per heavy atom. The summed E-state index contributed by atoms with van der Waals surface area (Å²) >= 11 is 0. The molecule has 0 spiro atoms. The van der Waals surface area contributed by atoms with Crippen molar-refractivity contribution in [2.24, 2.45) is 7.05 Å². The molecular formula is C15H18N6. The molecule has 1 aromatic carbocycles. The number of hydrogen-bond donors (Lipinski definition) is 1. The second-order valence-corrected chi connectivity index (χ2v) is 5.64. The minimum absolute atomic E-state index is 0.650. The van der Waals surface area contributed by atoms with Gasteiger partial charge in [0.15, 0.2) is 5.82 Å². The Kier molecular flexibility index (Phi) is 2.96. The topological polar surface area (TPSA) is 60.6 Å². The predicted octanol–water partition coefficient (Wildman–Crippen LogP) is 1.47. The number of nitrogens with one attached hydrogen (secondary N) is 1. The van der Waals surface area contributed by atoms with Gasteiger partial charge in [0.2, 0.25) is 0 Å². The zero-order valence-electron chi connectivity index (χ0n) is 12.0. The van der Waals surface area contributed by atoms with E-state index in [4.69, 9.17) is 0 Å². The van der Waals surface area contributed by atoms with Crippen LogP contribution in [0.15, 0.2) is 30.5 Å². The van der Waals surface area contributed by atoms with Crippen molar-refractivity contribution in [2.45, 2.75) is 32.0 Å². The average Bonchev–Trinajstić information content (AvgIpc) is 3.10.